The lowest BCUT2D eigenvalue weighted by Gasteiger charge is -2.37. The van der Waals surface area contributed by atoms with Gasteiger partial charge in [0.15, 0.2) is 0 Å². The second-order valence-corrected chi connectivity index (χ2v) is 8.27. The summed E-state index contributed by atoms with van der Waals surface area (Å²) >= 11 is 0. The van der Waals surface area contributed by atoms with Crippen molar-refractivity contribution in [1.29, 1.82) is 0 Å². The molecule has 0 radical (unpaired) electrons. The van der Waals surface area contributed by atoms with E-state index in [2.05, 4.69) is 16.3 Å². The second-order valence-electron chi connectivity index (χ2n) is 8.27. The van der Waals surface area contributed by atoms with E-state index in [0.29, 0.717) is 12.5 Å². The summed E-state index contributed by atoms with van der Waals surface area (Å²) in [4.78, 5) is 14.5. The molecule has 3 aliphatic rings. The molecule has 1 amide bonds. The highest BCUT2D eigenvalue weighted by Crippen LogP contribution is 2.47. The van der Waals surface area contributed by atoms with Crippen LogP contribution in [0.2, 0.25) is 0 Å². The van der Waals surface area contributed by atoms with E-state index in [4.69, 9.17) is 9.47 Å². The molecule has 0 aromatic heterocycles. The van der Waals surface area contributed by atoms with Gasteiger partial charge in [0.25, 0.3) is 0 Å². The number of benzene rings is 1. The number of fused-ring (bicyclic) bond motifs is 3. The van der Waals surface area contributed by atoms with Crippen LogP contribution >= 0.6 is 0 Å². The molecule has 2 fully saturated rings. The van der Waals surface area contributed by atoms with Crippen LogP contribution in [0.5, 0.6) is 5.75 Å². The predicted molar refractivity (Wildman–Crippen MR) is 103 cm³/mol. The number of amides is 1. The first-order valence-electron chi connectivity index (χ1n) is 10.1. The molecule has 2 heterocycles. The van der Waals surface area contributed by atoms with Crippen LogP contribution in [0, 0.1) is 0 Å². The Hall–Kier alpha value is -1.79. The maximum Gasteiger partial charge on any atom is 0.222 e. The average Bonchev–Trinajstić information content (AvgIpc) is 3.28. The molecule has 1 aromatic rings. The monoisotopic (exact) mass is 374 g/mol. The lowest BCUT2D eigenvalue weighted by molar-refractivity contribution is -0.142. The molecule has 0 unspecified atom stereocenters. The Labute approximate surface area is 160 Å². The van der Waals surface area contributed by atoms with E-state index >= 15 is 0 Å². The third-order valence-electron chi connectivity index (χ3n) is 6.13. The molecule has 2 N–H and O–H groups in total. The lowest BCUT2D eigenvalue weighted by Crippen LogP contribution is -2.47. The number of ether oxygens (including phenoxy) is 2. The molecule has 6 nitrogen and oxygen atoms in total. The Kier molecular flexibility index (Phi) is 5.28. The van der Waals surface area contributed by atoms with Crippen LogP contribution in [-0.2, 0) is 9.53 Å². The number of hydrogen-bond donors (Lipinski definition) is 2. The molecule has 1 aromatic carbocycles. The summed E-state index contributed by atoms with van der Waals surface area (Å²) in [7, 11) is 4.04. The molecule has 2 aliphatic heterocycles. The summed E-state index contributed by atoms with van der Waals surface area (Å²) in [6.07, 6.45) is 4.86. The van der Waals surface area contributed by atoms with Gasteiger partial charge >= 0.3 is 0 Å². The number of aliphatic hydroxyl groups excluding tert-OH is 1. The van der Waals surface area contributed by atoms with Crippen molar-refractivity contribution in [2.75, 3.05) is 25.6 Å². The standard InChI is InChI=1S/C21H30N2O4/c1-23(2)14-7-8-18-16(9-14)17-10-15(26-19(12-24)21(17)27-18)11-20(25)22-13-5-3-4-6-13/h7-9,13,15,17,19,21,24H,3-6,10-12H2,1-2H3,(H,22,25)/t15-,17-,19-,21+/m1/s1. The third-order valence-corrected chi connectivity index (χ3v) is 6.13. The minimum atomic E-state index is -0.400. The molecule has 4 rings (SSSR count). The van der Waals surface area contributed by atoms with Crippen molar-refractivity contribution in [3.05, 3.63) is 23.8 Å². The Morgan fingerprint density at radius 2 is 2.07 bits per heavy atom. The lowest BCUT2D eigenvalue weighted by atomic mass is 9.84. The van der Waals surface area contributed by atoms with Crippen LogP contribution in [0.25, 0.3) is 0 Å². The number of hydrogen-bond acceptors (Lipinski definition) is 5. The quantitative estimate of drug-likeness (QED) is 0.827. The highest BCUT2D eigenvalue weighted by atomic mass is 16.6. The number of aliphatic hydroxyl groups is 1. The minimum absolute atomic E-state index is 0.0585. The van der Waals surface area contributed by atoms with Gasteiger partial charge in [0.2, 0.25) is 5.91 Å². The van der Waals surface area contributed by atoms with E-state index < -0.39 is 6.10 Å². The largest absolute Gasteiger partial charge is 0.487 e. The summed E-state index contributed by atoms with van der Waals surface area (Å²) in [5.74, 6) is 1.08. The normalized spacial score (nSPS) is 29.7. The molecule has 6 heteroatoms. The predicted octanol–water partition coefficient (Wildman–Crippen LogP) is 2.20. The van der Waals surface area contributed by atoms with Gasteiger partial charge in [-0.25, -0.2) is 0 Å². The van der Waals surface area contributed by atoms with Crippen molar-refractivity contribution in [2.45, 2.75) is 68.8 Å². The number of carbonyl (C=O) groups excluding carboxylic acids is 1. The van der Waals surface area contributed by atoms with Crippen molar-refractivity contribution in [2.24, 2.45) is 0 Å². The molecule has 1 saturated carbocycles. The van der Waals surface area contributed by atoms with Crippen molar-refractivity contribution in [3.63, 3.8) is 0 Å². The van der Waals surface area contributed by atoms with Crippen LogP contribution in [0.3, 0.4) is 0 Å². The first kappa shape index (κ1) is 18.6. The molecule has 148 valence electrons. The Balaban J connectivity index is 1.47. The zero-order valence-corrected chi connectivity index (χ0v) is 16.2. The second kappa shape index (κ2) is 7.68. The topological polar surface area (TPSA) is 71.0 Å². The van der Waals surface area contributed by atoms with Crippen LogP contribution in [0.15, 0.2) is 18.2 Å². The van der Waals surface area contributed by atoms with E-state index in [9.17, 15) is 9.90 Å². The van der Waals surface area contributed by atoms with Crippen LogP contribution in [0.1, 0.15) is 50.0 Å². The smallest absolute Gasteiger partial charge is 0.222 e. The van der Waals surface area contributed by atoms with Crippen molar-refractivity contribution >= 4 is 11.6 Å². The first-order valence-corrected chi connectivity index (χ1v) is 10.1. The molecule has 1 saturated heterocycles. The van der Waals surface area contributed by atoms with Crippen LogP contribution in [0.4, 0.5) is 5.69 Å². The minimum Gasteiger partial charge on any atom is -0.487 e. The van der Waals surface area contributed by atoms with Crippen LogP contribution in [-0.4, -0.2) is 56.1 Å². The van der Waals surface area contributed by atoms with Crippen molar-refractivity contribution in [3.8, 4) is 5.75 Å². The third kappa shape index (κ3) is 3.78. The summed E-state index contributed by atoms with van der Waals surface area (Å²) in [5, 5.41) is 13.0. The zero-order chi connectivity index (χ0) is 19.0. The van der Waals surface area contributed by atoms with Crippen LogP contribution < -0.4 is 15.0 Å². The van der Waals surface area contributed by atoms with E-state index in [0.717, 1.165) is 36.3 Å². The maximum absolute atomic E-state index is 12.5. The van der Waals surface area contributed by atoms with Crippen molar-refractivity contribution < 1.29 is 19.4 Å². The van der Waals surface area contributed by atoms with Gasteiger partial charge in [-0.2, -0.15) is 0 Å². The van der Waals surface area contributed by atoms with E-state index in [-0.39, 0.29) is 30.6 Å². The van der Waals surface area contributed by atoms with Gasteiger partial charge in [0.05, 0.1) is 19.1 Å². The molecule has 0 spiro atoms. The molecular weight excluding hydrogens is 344 g/mol. The van der Waals surface area contributed by atoms with Gasteiger partial charge in [-0.05, 0) is 37.5 Å². The maximum atomic E-state index is 12.5. The SMILES string of the molecule is CN(C)c1ccc2c(c1)[C@H]1C[C@H](CC(=O)NC3CCCC3)O[C@H](CO)[C@H]1O2. The molecule has 1 aliphatic carbocycles. The van der Waals surface area contributed by atoms with Gasteiger partial charge in [-0.1, -0.05) is 12.8 Å². The molecule has 4 atom stereocenters. The Bertz CT molecular complexity index is 687. The fourth-order valence-electron chi connectivity index (χ4n) is 4.72. The summed E-state index contributed by atoms with van der Waals surface area (Å²) in [6, 6.07) is 6.52. The average molecular weight is 374 g/mol. The number of rotatable bonds is 5. The summed E-state index contributed by atoms with van der Waals surface area (Å²) in [6.45, 7) is -0.101. The molecule has 0 bridgehead atoms. The highest BCUT2D eigenvalue weighted by Gasteiger charge is 2.46. The number of anilines is 1. The zero-order valence-electron chi connectivity index (χ0n) is 16.2. The number of carbonyl (C=O) groups is 1. The summed E-state index contributed by atoms with van der Waals surface area (Å²) < 4.78 is 12.2. The van der Waals surface area contributed by atoms with Gasteiger partial charge in [-0.3, -0.25) is 4.79 Å². The number of nitrogens with one attached hydrogen (secondary N) is 1. The van der Waals surface area contributed by atoms with Gasteiger partial charge < -0.3 is 24.8 Å². The molecular formula is C21H30N2O4. The first-order chi connectivity index (χ1) is 13.0. The van der Waals surface area contributed by atoms with E-state index in [1.54, 1.807) is 0 Å². The van der Waals surface area contributed by atoms with Gasteiger partial charge in [0.1, 0.15) is 18.0 Å². The highest BCUT2D eigenvalue weighted by molar-refractivity contribution is 5.76. The molecule has 27 heavy (non-hydrogen) atoms. The fraction of sp³-hybridized carbons (Fsp3) is 0.667. The Morgan fingerprint density at radius 3 is 2.78 bits per heavy atom. The van der Waals surface area contributed by atoms with Crippen molar-refractivity contribution in [1.82, 2.24) is 5.32 Å². The summed E-state index contributed by atoms with van der Waals surface area (Å²) in [5.41, 5.74) is 2.29. The Morgan fingerprint density at radius 1 is 1.30 bits per heavy atom. The van der Waals surface area contributed by atoms with Gasteiger partial charge in [-0.15, -0.1) is 0 Å². The van der Waals surface area contributed by atoms with Gasteiger partial charge in [0, 0.05) is 37.3 Å². The number of nitrogens with zero attached hydrogens (tertiary/aromatic N) is 1. The fourth-order valence-corrected chi connectivity index (χ4v) is 4.72. The van der Waals surface area contributed by atoms with E-state index in [1.165, 1.54) is 12.8 Å². The van der Waals surface area contributed by atoms with E-state index in [1.807, 2.05) is 26.2 Å².